The number of hydrogen-bond acceptors (Lipinski definition) is 3. The molecular formula is C13H24BrNO3S. The summed E-state index contributed by atoms with van der Waals surface area (Å²) in [7, 11) is -3.22. The second-order valence-corrected chi connectivity index (χ2v) is 8.32. The zero-order chi connectivity index (χ0) is 14.3. The molecule has 1 aliphatic rings. The summed E-state index contributed by atoms with van der Waals surface area (Å²) in [4.78, 5) is 12.0. The van der Waals surface area contributed by atoms with E-state index in [-0.39, 0.29) is 11.7 Å². The van der Waals surface area contributed by atoms with E-state index in [1.807, 2.05) is 0 Å². The number of alkyl halides is 1. The van der Waals surface area contributed by atoms with Crippen molar-refractivity contribution in [2.75, 3.05) is 17.6 Å². The second-order valence-electron chi connectivity index (χ2n) is 5.23. The standard InChI is InChI=1S/C13H24BrNO3S/c1-2-5-11(7-8-14)10-15-13(16)12-6-3-4-9-19(12,17)18/h11-12H,2-10H2,1H3,(H,15,16). The average Bonchev–Trinajstić information content (AvgIpc) is 2.35. The highest BCUT2D eigenvalue weighted by Gasteiger charge is 2.34. The first-order valence-corrected chi connectivity index (χ1v) is 9.90. The summed E-state index contributed by atoms with van der Waals surface area (Å²) in [6.07, 6.45) is 5.14. The van der Waals surface area contributed by atoms with Gasteiger partial charge in [0.25, 0.3) is 0 Å². The van der Waals surface area contributed by atoms with Crippen molar-refractivity contribution >= 4 is 31.7 Å². The maximum atomic E-state index is 12.0. The Morgan fingerprint density at radius 1 is 1.37 bits per heavy atom. The molecule has 6 heteroatoms. The SMILES string of the molecule is CCCC(CCBr)CNC(=O)C1CCCCS1(=O)=O. The fourth-order valence-electron chi connectivity index (χ4n) is 2.52. The molecule has 1 amide bonds. The van der Waals surface area contributed by atoms with Crippen LogP contribution >= 0.6 is 15.9 Å². The molecule has 0 bridgehead atoms. The first kappa shape index (κ1) is 17.0. The number of carbonyl (C=O) groups is 1. The Morgan fingerprint density at radius 2 is 2.11 bits per heavy atom. The third kappa shape index (κ3) is 5.42. The third-order valence-electron chi connectivity index (χ3n) is 3.65. The van der Waals surface area contributed by atoms with Crippen molar-refractivity contribution in [2.24, 2.45) is 5.92 Å². The molecule has 4 nitrogen and oxygen atoms in total. The van der Waals surface area contributed by atoms with Gasteiger partial charge in [-0.1, -0.05) is 35.7 Å². The Hall–Kier alpha value is -0.100. The zero-order valence-electron chi connectivity index (χ0n) is 11.5. The minimum absolute atomic E-state index is 0.158. The fourth-order valence-corrected chi connectivity index (χ4v) is 4.99. The first-order valence-electron chi connectivity index (χ1n) is 7.06. The quantitative estimate of drug-likeness (QED) is 0.714. The predicted molar refractivity (Wildman–Crippen MR) is 81.2 cm³/mol. The molecular weight excluding hydrogens is 330 g/mol. The van der Waals surface area contributed by atoms with Crippen molar-refractivity contribution in [1.82, 2.24) is 5.32 Å². The topological polar surface area (TPSA) is 63.2 Å². The van der Waals surface area contributed by atoms with E-state index < -0.39 is 15.1 Å². The van der Waals surface area contributed by atoms with Crippen LogP contribution in [0.4, 0.5) is 0 Å². The molecule has 1 rings (SSSR count). The summed E-state index contributed by atoms with van der Waals surface area (Å²) in [6, 6.07) is 0. The highest BCUT2D eigenvalue weighted by Crippen LogP contribution is 2.20. The van der Waals surface area contributed by atoms with E-state index in [1.165, 1.54) is 0 Å². The largest absolute Gasteiger partial charge is 0.355 e. The molecule has 1 N–H and O–H groups in total. The van der Waals surface area contributed by atoms with Crippen LogP contribution in [0.5, 0.6) is 0 Å². The van der Waals surface area contributed by atoms with E-state index in [0.29, 0.717) is 25.3 Å². The van der Waals surface area contributed by atoms with E-state index in [4.69, 9.17) is 0 Å². The van der Waals surface area contributed by atoms with Crippen LogP contribution in [0.15, 0.2) is 0 Å². The molecule has 1 heterocycles. The van der Waals surface area contributed by atoms with Crippen LogP contribution < -0.4 is 5.32 Å². The number of sulfone groups is 1. The number of amides is 1. The summed E-state index contributed by atoms with van der Waals surface area (Å²) < 4.78 is 23.7. The molecule has 0 aromatic rings. The number of halogens is 1. The van der Waals surface area contributed by atoms with Crippen LogP contribution in [-0.2, 0) is 14.6 Å². The summed E-state index contributed by atoms with van der Waals surface area (Å²) in [6.45, 7) is 2.71. The lowest BCUT2D eigenvalue weighted by molar-refractivity contribution is -0.121. The maximum absolute atomic E-state index is 12.0. The van der Waals surface area contributed by atoms with Gasteiger partial charge in [-0.25, -0.2) is 8.42 Å². The van der Waals surface area contributed by atoms with Crippen LogP contribution in [0, 0.1) is 5.92 Å². The predicted octanol–water partition coefficient (Wildman–Crippen LogP) is 2.27. The van der Waals surface area contributed by atoms with Gasteiger partial charge in [-0.2, -0.15) is 0 Å². The van der Waals surface area contributed by atoms with Crippen LogP contribution in [0.25, 0.3) is 0 Å². The number of nitrogens with one attached hydrogen (secondary N) is 1. The molecule has 19 heavy (non-hydrogen) atoms. The van der Waals surface area contributed by atoms with Crippen molar-refractivity contribution in [1.29, 1.82) is 0 Å². The summed E-state index contributed by atoms with van der Waals surface area (Å²) in [5.74, 6) is 0.292. The Balaban J connectivity index is 2.49. The Morgan fingerprint density at radius 3 is 2.68 bits per heavy atom. The lowest BCUT2D eigenvalue weighted by atomic mass is 10.0. The first-order chi connectivity index (χ1) is 9.01. The summed E-state index contributed by atoms with van der Waals surface area (Å²) in [5, 5.41) is 2.94. The zero-order valence-corrected chi connectivity index (χ0v) is 13.9. The molecule has 0 aromatic carbocycles. The van der Waals surface area contributed by atoms with E-state index in [0.717, 1.165) is 31.0 Å². The lowest BCUT2D eigenvalue weighted by Crippen LogP contribution is -2.44. The molecule has 0 radical (unpaired) electrons. The molecule has 0 saturated carbocycles. The van der Waals surface area contributed by atoms with Gasteiger partial charge in [0.15, 0.2) is 9.84 Å². The van der Waals surface area contributed by atoms with Gasteiger partial charge in [0.05, 0.1) is 5.75 Å². The fraction of sp³-hybridized carbons (Fsp3) is 0.923. The molecule has 1 fully saturated rings. The number of carbonyl (C=O) groups excluding carboxylic acids is 1. The average molecular weight is 354 g/mol. The van der Waals surface area contributed by atoms with Crippen LogP contribution in [-0.4, -0.2) is 37.2 Å². The molecule has 112 valence electrons. The lowest BCUT2D eigenvalue weighted by Gasteiger charge is -2.23. The van der Waals surface area contributed by atoms with Gasteiger partial charge in [0.1, 0.15) is 5.25 Å². The van der Waals surface area contributed by atoms with Gasteiger partial charge in [-0.05, 0) is 31.6 Å². The van der Waals surface area contributed by atoms with Gasteiger partial charge in [-0.3, -0.25) is 4.79 Å². The van der Waals surface area contributed by atoms with Crippen LogP contribution in [0.2, 0.25) is 0 Å². The van der Waals surface area contributed by atoms with Gasteiger partial charge in [0, 0.05) is 11.9 Å². The highest BCUT2D eigenvalue weighted by molar-refractivity contribution is 9.09. The highest BCUT2D eigenvalue weighted by atomic mass is 79.9. The molecule has 2 atom stereocenters. The Bertz CT molecular complexity index is 377. The van der Waals surface area contributed by atoms with E-state index >= 15 is 0 Å². The smallest absolute Gasteiger partial charge is 0.238 e. The van der Waals surface area contributed by atoms with Gasteiger partial charge < -0.3 is 5.32 Å². The second kappa shape index (κ2) is 8.25. The van der Waals surface area contributed by atoms with Crippen molar-refractivity contribution in [3.05, 3.63) is 0 Å². The van der Waals surface area contributed by atoms with Crippen molar-refractivity contribution < 1.29 is 13.2 Å². The monoisotopic (exact) mass is 353 g/mol. The number of hydrogen-bond donors (Lipinski definition) is 1. The minimum Gasteiger partial charge on any atom is -0.355 e. The third-order valence-corrected chi connectivity index (χ3v) is 6.28. The van der Waals surface area contributed by atoms with Crippen LogP contribution in [0.1, 0.15) is 45.4 Å². The van der Waals surface area contributed by atoms with E-state index in [1.54, 1.807) is 0 Å². The molecule has 2 unspecified atom stereocenters. The number of rotatable bonds is 7. The molecule has 1 saturated heterocycles. The molecule has 0 aromatic heterocycles. The van der Waals surface area contributed by atoms with Crippen LogP contribution in [0.3, 0.4) is 0 Å². The molecule has 0 aliphatic carbocycles. The Labute approximate surface area is 124 Å². The maximum Gasteiger partial charge on any atom is 0.238 e. The van der Waals surface area contributed by atoms with E-state index in [2.05, 4.69) is 28.2 Å². The molecule has 1 aliphatic heterocycles. The van der Waals surface area contributed by atoms with E-state index in [9.17, 15) is 13.2 Å². The van der Waals surface area contributed by atoms with Crippen molar-refractivity contribution in [3.63, 3.8) is 0 Å². The summed E-state index contributed by atoms with van der Waals surface area (Å²) in [5.41, 5.74) is 0. The Kier molecular flexibility index (Phi) is 7.36. The summed E-state index contributed by atoms with van der Waals surface area (Å²) >= 11 is 3.41. The van der Waals surface area contributed by atoms with Gasteiger partial charge >= 0.3 is 0 Å². The van der Waals surface area contributed by atoms with Crippen molar-refractivity contribution in [2.45, 2.75) is 50.7 Å². The minimum atomic E-state index is -3.22. The molecule has 0 spiro atoms. The van der Waals surface area contributed by atoms with Gasteiger partial charge in [-0.15, -0.1) is 0 Å². The normalized spacial score (nSPS) is 23.8. The van der Waals surface area contributed by atoms with Crippen molar-refractivity contribution in [3.8, 4) is 0 Å². The van der Waals surface area contributed by atoms with Gasteiger partial charge in [0.2, 0.25) is 5.91 Å².